The minimum absolute atomic E-state index is 0.0254. The Bertz CT molecular complexity index is 1320. The first-order valence-corrected chi connectivity index (χ1v) is 9.47. The fraction of sp³-hybridized carbons (Fsp3) is 0.381. The molecule has 1 aromatic carbocycles. The van der Waals surface area contributed by atoms with Gasteiger partial charge in [0.15, 0.2) is 23.3 Å². The number of benzene rings is 1. The van der Waals surface area contributed by atoms with Crippen molar-refractivity contribution < 1.29 is 24.1 Å². The van der Waals surface area contributed by atoms with Crippen molar-refractivity contribution in [1.29, 1.82) is 0 Å². The van der Waals surface area contributed by atoms with Crippen LogP contribution in [0.4, 0.5) is 10.2 Å². The number of aromatic nitrogens is 3. The summed E-state index contributed by atoms with van der Waals surface area (Å²) in [5.41, 5.74) is 0.884. The molecule has 156 valence electrons. The zero-order chi connectivity index (χ0) is 24.3. The van der Waals surface area contributed by atoms with Crippen molar-refractivity contribution in [3.8, 4) is 17.2 Å². The Morgan fingerprint density at radius 1 is 1.23 bits per heavy atom. The number of piperidine rings is 1. The molecule has 2 atom stereocenters. The van der Waals surface area contributed by atoms with Crippen molar-refractivity contribution in [2.45, 2.75) is 25.6 Å². The number of fused-ring (bicyclic) bond motifs is 2. The van der Waals surface area contributed by atoms with Gasteiger partial charge in [0.1, 0.15) is 30.8 Å². The van der Waals surface area contributed by atoms with Crippen molar-refractivity contribution in [3.63, 3.8) is 0 Å². The molecule has 0 spiro atoms. The minimum atomic E-state index is -2.70. The van der Waals surface area contributed by atoms with Gasteiger partial charge in [0, 0.05) is 25.1 Å². The van der Waals surface area contributed by atoms with Crippen LogP contribution in [-0.2, 0) is 0 Å². The molecule has 2 aliphatic heterocycles. The summed E-state index contributed by atoms with van der Waals surface area (Å²) in [6, 6.07) is 7.29. The van der Waals surface area contributed by atoms with E-state index in [-0.39, 0.29) is 29.4 Å². The third-order valence-electron chi connectivity index (χ3n) is 5.01. The summed E-state index contributed by atoms with van der Waals surface area (Å²) in [7, 11) is 0. The van der Waals surface area contributed by atoms with E-state index >= 15 is 4.39 Å². The first-order valence-electron chi connectivity index (χ1n) is 11.5. The van der Waals surface area contributed by atoms with Gasteiger partial charge in [-0.25, -0.2) is 9.37 Å². The normalized spacial score (nSPS) is 26.3. The largest absolute Gasteiger partial charge is 0.487 e. The molecule has 0 saturated carbocycles. The number of anilines is 1. The van der Waals surface area contributed by atoms with Crippen LogP contribution in [0.2, 0.25) is 0 Å². The number of nitrogens with zero attached hydrogens (tertiary/aromatic N) is 4. The molecule has 2 aromatic heterocycles. The lowest BCUT2D eigenvalue weighted by molar-refractivity contribution is 0.0810. The van der Waals surface area contributed by atoms with E-state index in [1.165, 1.54) is 28.8 Å². The van der Waals surface area contributed by atoms with Crippen LogP contribution in [0.5, 0.6) is 17.2 Å². The van der Waals surface area contributed by atoms with Gasteiger partial charge in [-0.2, -0.15) is 9.61 Å². The molecule has 30 heavy (non-hydrogen) atoms. The standard InChI is InChI=1S/C21H21FN4O4/c1-13-8-20-24-19(10-21(27)26(20)23-11-13)25-5-4-16(15(22)12-25)30-14-2-3-17-18(9-14)29-7-6-28-17/h2-3,8-11,15-16H,4-7,12H2,1H3/t15-,16+/m1/s1/i6D2,7D2. The Labute approximate surface area is 177 Å². The molecule has 4 heterocycles. The summed E-state index contributed by atoms with van der Waals surface area (Å²) in [5.74, 6) is 0.604. The lowest BCUT2D eigenvalue weighted by atomic mass is 10.1. The maximum atomic E-state index is 15.1. The third-order valence-corrected chi connectivity index (χ3v) is 5.01. The predicted octanol–water partition coefficient (Wildman–Crippen LogP) is 2.16. The van der Waals surface area contributed by atoms with Crippen molar-refractivity contribution in [1.82, 2.24) is 14.6 Å². The summed E-state index contributed by atoms with van der Waals surface area (Å²) in [4.78, 5) is 18.5. The molecule has 1 saturated heterocycles. The molecule has 9 heteroatoms. The van der Waals surface area contributed by atoms with Gasteiger partial charge in [-0.15, -0.1) is 0 Å². The number of halogens is 1. The lowest BCUT2D eigenvalue weighted by Crippen LogP contribution is -2.47. The molecule has 0 amide bonds. The number of hydrogen-bond acceptors (Lipinski definition) is 7. The first kappa shape index (κ1) is 14.6. The highest BCUT2D eigenvalue weighted by Gasteiger charge is 2.32. The van der Waals surface area contributed by atoms with Crippen molar-refractivity contribution in [2.24, 2.45) is 0 Å². The van der Waals surface area contributed by atoms with E-state index in [2.05, 4.69) is 10.1 Å². The number of hydrogen-bond donors (Lipinski definition) is 0. The Kier molecular flexibility index (Phi) is 3.64. The number of ether oxygens (including phenoxy) is 3. The number of rotatable bonds is 3. The van der Waals surface area contributed by atoms with E-state index in [0.717, 1.165) is 5.56 Å². The smallest absolute Gasteiger partial charge is 0.276 e. The van der Waals surface area contributed by atoms with Gasteiger partial charge in [0.2, 0.25) is 0 Å². The van der Waals surface area contributed by atoms with Crippen LogP contribution in [0.3, 0.4) is 0 Å². The second kappa shape index (κ2) is 7.47. The topological polar surface area (TPSA) is 78.2 Å². The number of aryl methyl sites for hydroxylation is 1. The van der Waals surface area contributed by atoms with Gasteiger partial charge in [0.25, 0.3) is 5.56 Å². The van der Waals surface area contributed by atoms with E-state index < -0.39 is 25.4 Å². The first-order chi connectivity index (χ1) is 16.0. The molecule has 0 N–H and O–H groups in total. The van der Waals surface area contributed by atoms with Crippen LogP contribution >= 0.6 is 0 Å². The SMILES string of the molecule is [2H]C1([2H])Oc2ccc(O[C@H]3CCN(c4cc(=O)n5ncc(C)cc5n4)C[C@H]3F)cc2OC1([2H])[2H]. The second-order valence-corrected chi connectivity index (χ2v) is 7.18. The lowest BCUT2D eigenvalue weighted by Gasteiger charge is -2.35. The highest BCUT2D eigenvalue weighted by molar-refractivity contribution is 5.49. The number of alkyl halides is 1. The van der Waals surface area contributed by atoms with Gasteiger partial charge >= 0.3 is 0 Å². The van der Waals surface area contributed by atoms with Gasteiger partial charge in [0.05, 0.1) is 18.2 Å². The molecule has 5 rings (SSSR count). The third kappa shape index (κ3) is 3.51. The van der Waals surface area contributed by atoms with E-state index in [1.807, 2.05) is 6.92 Å². The fourth-order valence-corrected chi connectivity index (χ4v) is 3.52. The highest BCUT2D eigenvalue weighted by Crippen LogP contribution is 2.34. The van der Waals surface area contributed by atoms with Crippen LogP contribution in [-0.4, -0.2) is 53.1 Å². The highest BCUT2D eigenvalue weighted by atomic mass is 19.1. The van der Waals surface area contributed by atoms with Crippen LogP contribution in [0.25, 0.3) is 5.65 Å². The maximum absolute atomic E-state index is 15.1. The Morgan fingerprint density at radius 3 is 2.90 bits per heavy atom. The van der Waals surface area contributed by atoms with Crippen molar-refractivity contribution >= 4 is 11.5 Å². The quantitative estimate of drug-likeness (QED) is 0.648. The van der Waals surface area contributed by atoms with E-state index in [4.69, 9.17) is 19.7 Å². The monoisotopic (exact) mass is 416 g/mol. The summed E-state index contributed by atoms with van der Waals surface area (Å²) in [6.45, 7) is -3.14. The van der Waals surface area contributed by atoms with Crippen LogP contribution in [0.15, 0.2) is 41.3 Å². The minimum Gasteiger partial charge on any atom is -0.487 e. The summed E-state index contributed by atoms with van der Waals surface area (Å²) in [5, 5.41) is 4.05. The van der Waals surface area contributed by atoms with Crippen LogP contribution < -0.4 is 24.7 Å². The molecule has 0 aliphatic carbocycles. The van der Waals surface area contributed by atoms with Gasteiger partial charge < -0.3 is 19.1 Å². The molecule has 0 radical (unpaired) electrons. The molecular weight excluding hydrogens is 391 g/mol. The zero-order valence-electron chi connectivity index (χ0n) is 20.0. The Balaban J connectivity index is 1.30. The van der Waals surface area contributed by atoms with Gasteiger partial charge in [-0.1, -0.05) is 0 Å². The summed E-state index contributed by atoms with van der Waals surface area (Å²) in [6.07, 6.45) is -0.296. The molecule has 2 aliphatic rings. The Hall–Kier alpha value is -3.36. The zero-order valence-corrected chi connectivity index (χ0v) is 16.0. The average Bonchev–Trinajstić information content (AvgIpc) is 2.75. The van der Waals surface area contributed by atoms with Crippen molar-refractivity contribution in [3.05, 3.63) is 52.4 Å². The van der Waals surface area contributed by atoms with Crippen molar-refractivity contribution in [2.75, 3.05) is 31.1 Å². The van der Waals surface area contributed by atoms with E-state index in [1.54, 1.807) is 17.2 Å². The van der Waals surface area contributed by atoms with Gasteiger partial charge in [-0.3, -0.25) is 4.79 Å². The van der Waals surface area contributed by atoms with Crippen LogP contribution in [0.1, 0.15) is 17.5 Å². The van der Waals surface area contributed by atoms with Gasteiger partial charge in [-0.05, 0) is 30.7 Å². The second-order valence-electron chi connectivity index (χ2n) is 7.18. The molecule has 0 bridgehead atoms. The van der Waals surface area contributed by atoms with Crippen LogP contribution in [0, 0.1) is 6.92 Å². The van der Waals surface area contributed by atoms with E-state index in [9.17, 15) is 4.79 Å². The molecule has 1 fully saturated rings. The fourth-order valence-electron chi connectivity index (χ4n) is 3.52. The molecular formula is C21H21FN4O4. The predicted molar refractivity (Wildman–Crippen MR) is 108 cm³/mol. The average molecular weight is 416 g/mol. The Morgan fingerprint density at radius 2 is 2.07 bits per heavy atom. The summed E-state index contributed by atoms with van der Waals surface area (Å²) < 4.78 is 62.9. The van der Waals surface area contributed by atoms with E-state index in [0.29, 0.717) is 24.4 Å². The molecule has 0 unspecified atom stereocenters. The summed E-state index contributed by atoms with van der Waals surface area (Å²) >= 11 is 0. The maximum Gasteiger partial charge on any atom is 0.276 e. The molecule has 8 nitrogen and oxygen atoms in total. The molecule has 3 aromatic rings.